The number of H-pyrrole nitrogens is 1. The van der Waals surface area contributed by atoms with Crippen molar-refractivity contribution in [1.29, 1.82) is 0 Å². The number of nitrogens with zero attached hydrogens (tertiary/aromatic N) is 1. The van der Waals surface area contributed by atoms with E-state index in [1.165, 1.54) is 0 Å². The van der Waals surface area contributed by atoms with E-state index < -0.39 is 0 Å². The van der Waals surface area contributed by atoms with E-state index in [1.54, 1.807) is 0 Å². The highest BCUT2D eigenvalue weighted by atomic mass is 16.5. The van der Waals surface area contributed by atoms with Gasteiger partial charge in [-0.05, 0) is 30.0 Å². The van der Waals surface area contributed by atoms with Crippen LogP contribution in [0.4, 0.5) is 0 Å². The third kappa shape index (κ3) is 3.62. The van der Waals surface area contributed by atoms with E-state index in [1.807, 2.05) is 19.1 Å². The Balaban J connectivity index is 1.55. The maximum absolute atomic E-state index is 12.5. The van der Waals surface area contributed by atoms with Gasteiger partial charge in [0.2, 0.25) is 0 Å². The molecule has 6 heteroatoms. The number of morpholine rings is 1. The molecule has 2 fully saturated rings. The van der Waals surface area contributed by atoms with Crippen molar-refractivity contribution in [2.45, 2.75) is 19.1 Å². The first-order chi connectivity index (χ1) is 12.1. The topological polar surface area (TPSA) is 66.6 Å². The van der Waals surface area contributed by atoms with E-state index in [2.05, 4.69) is 27.3 Å². The van der Waals surface area contributed by atoms with Gasteiger partial charge in [0.05, 0.1) is 19.8 Å². The van der Waals surface area contributed by atoms with Crippen LogP contribution in [0.3, 0.4) is 0 Å². The van der Waals surface area contributed by atoms with Gasteiger partial charge in [0, 0.05) is 43.8 Å². The second-order valence-corrected chi connectivity index (χ2v) is 7.19. The van der Waals surface area contributed by atoms with Crippen molar-refractivity contribution in [2.24, 2.45) is 0 Å². The van der Waals surface area contributed by atoms with Gasteiger partial charge in [-0.25, -0.2) is 0 Å². The molecule has 4 rings (SSSR count). The lowest BCUT2D eigenvalue weighted by molar-refractivity contribution is -0.135. The van der Waals surface area contributed by atoms with Gasteiger partial charge < -0.3 is 19.8 Å². The predicted molar refractivity (Wildman–Crippen MR) is 97.0 cm³/mol. The summed E-state index contributed by atoms with van der Waals surface area (Å²) in [5.41, 5.74) is 2.53. The maximum atomic E-state index is 12.5. The Hall–Kier alpha value is -1.73. The minimum absolute atomic E-state index is 0.00566. The molecule has 2 aromatic rings. The molecule has 0 saturated carbocycles. The van der Waals surface area contributed by atoms with Gasteiger partial charge in [-0.2, -0.15) is 0 Å². The van der Waals surface area contributed by atoms with Gasteiger partial charge in [0.1, 0.15) is 5.60 Å². The number of benzene rings is 1. The number of rotatable bonds is 2. The van der Waals surface area contributed by atoms with Crippen LogP contribution in [0.2, 0.25) is 0 Å². The van der Waals surface area contributed by atoms with Gasteiger partial charge in [-0.15, -0.1) is 0 Å². The molecule has 134 valence electrons. The molecule has 0 amide bonds. The average Bonchev–Trinajstić information content (AvgIpc) is 2.81. The lowest BCUT2D eigenvalue weighted by Crippen LogP contribution is -2.58. The second-order valence-electron chi connectivity index (χ2n) is 7.19. The summed E-state index contributed by atoms with van der Waals surface area (Å²) < 4.78 is 11.7. The normalized spacial score (nSPS) is 25.3. The molecule has 0 radical (unpaired) electrons. The fourth-order valence-electron chi connectivity index (χ4n) is 3.74. The Morgan fingerprint density at radius 3 is 3.12 bits per heavy atom. The van der Waals surface area contributed by atoms with Crippen molar-refractivity contribution in [3.63, 3.8) is 0 Å². The number of aryl methyl sites for hydroxylation is 1. The van der Waals surface area contributed by atoms with Crippen LogP contribution in [0.25, 0.3) is 10.9 Å². The highest BCUT2D eigenvalue weighted by Gasteiger charge is 2.38. The summed E-state index contributed by atoms with van der Waals surface area (Å²) in [6, 6.07) is 8.16. The first-order valence-electron chi connectivity index (χ1n) is 8.91. The summed E-state index contributed by atoms with van der Waals surface area (Å²) >= 11 is 0. The van der Waals surface area contributed by atoms with Crippen LogP contribution < -0.4 is 10.9 Å². The Morgan fingerprint density at radius 1 is 1.28 bits per heavy atom. The lowest BCUT2D eigenvalue weighted by atomic mass is 10.0. The highest BCUT2D eigenvalue weighted by Crippen LogP contribution is 2.21. The quantitative estimate of drug-likeness (QED) is 0.853. The molecule has 3 heterocycles. The van der Waals surface area contributed by atoms with Crippen LogP contribution in [0, 0.1) is 6.92 Å². The molecule has 2 aliphatic rings. The molecule has 2 saturated heterocycles. The Morgan fingerprint density at radius 2 is 2.20 bits per heavy atom. The van der Waals surface area contributed by atoms with Crippen molar-refractivity contribution < 1.29 is 9.47 Å². The zero-order valence-electron chi connectivity index (χ0n) is 14.6. The van der Waals surface area contributed by atoms with E-state index >= 15 is 0 Å². The molecule has 0 aliphatic carbocycles. The van der Waals surface area contributed by atoms with Gasteiger partial charge in [0.25, 0.3) is 5.56 Å². The van der Waals surface area contributed by atoms with Crippen molar-refractivity contribution in [3.8, 4) is 0 Å². The molecule has 1 aromatic heterocycles. The Kier molecular flexibility index (Phi) is 4.60. The van der Waals surface area contributed by atoms with Crippen molar-refractivity contribution in [3.05, 3.63) is 45.7 Å². The zero-order valence-corrected chi connectivity index (χ0v) is 14.6. The van der Waals surface area contributed by atoms with Gasteiger partial charge >= 0.3 is 0 Å². The number of hydrogen-bond acceptors (Lipinski definition) is 5. The van der Waals surface area contributed by atoms with Crippen LogP contribution >= 0.6 is 0 Å². The molecule has 25 heavy (non-hydrogen) atoms. The van der Waals surface area contributed by atoms with Gasteiger partial charge in [-0.3, -0.25) is 9.69 Å². The first kappa shape index (κ1) is 16.7. The molecular weight excluding hydrogens is 318 g/mol. The molecule has 1 aromatic carbocycles. The minimum atomic E-state index is -0.310. The number of pyridine rings is 1. The van der Waals surface area contributed by atoms with E-state index in [0.717, 1.165) is 54.8 Å². The summed E-state index contributed by atoms with van der Waals surface area (Å²) in [7, 11) is 0. The number of aromatic nitrogens is 1. The Bertz CT molecular complexity index is 809. The smallest absolute Gasteiger partial charge is 0.252 e. The molecular formula is C19H25N3O3. The van der Waals surface area contributed by atoms with Crippen molar-refractivity contribution in [1.82, 2.24) is 15.2 Å². The lowest BCUT2D eigenvalue weighted by Gasteiger charge is -2.41. The van der Waals surface area contributed by atoms with Crippen LogP contribution in [0.15, 0.2) is 29.1 Å². The fourth-order valence-corrected chi connectivity index (χ4v) is 3.74. The highest BCUT2D eigenvalue weighted by molar-refractivity contribution is 5.79. The summed E-state index contributed by atoms with van der Waals surface area (Å²) in [5, 5.41) is 4.46. The monoisotopic (exact) mass is 343 g/mol. The van der Waals surface area contributed by atoms with E-state index in [-0.39, 0.29) is 11.2 Å². The number of aromatic amines is 1. The summed E-state index contributed by atoms with van der Waals surface area (Å²) in [4.78, 5) is 17.8. The molecule has 2 N–H and O–H groups in total. The molecule has 6 nitrogen and oxygen atoms in total. The third-order valence-corrected chi connectivity index (χ3v) is 5.04. The Labute approximate surface area is 147 Å². The predicted octanol–water partition coefficient (Wildman–Crippen LogP) is 1.03. The van der Waals surface area contributed by atoms with Crippen LogP contribution in [0.1, 0.15) is 11.1 Å². The number of fused-ring (bicyclic) bond motifs is 1. The second kappa shape index (κ2) is 6.88. The average molecular weight is 343 g/mol. The molecule has 1 spiro atoms. The molecule has 0 bridgehead atoms. The van der Waals surface area contributed by atoms with Crippen molar-refractivity contribution in [2.75, 3.05) is 46.0 Å². The summed E-state index contributed by atoms with van der Waals surface area (Å²) in [6.07, 6.45) is 0. The molecule has 0 unspecified atom stereocenters. The molecule has 1 atom stereocenters. The number of ether oxygens (including phenoxy) is 2. The minimum Gasteiger partial charge on any atom is -0.377 e. The number of hydrogen-bond donors (Lipinski definition) is 2. The maximum Gasteiger partial charge on any atom is 0.252 e. The summed E-state index contributed by atoms with van der Waals surface area (Å²) in [6.45, 7) is 7.88. The third-order valence-electron chi connectivity index (χ3n) is 5.04. The summed E-state index contributed by atoms with van der Waals surface area (Å²) in [5.74, 6) is 0. The SMILES string of the molecule is Cc1ccc2cc(CN3CCO[C@]4(CNCCOC4)C3)c(=O)[nH]c2c1. The van der Waals surface area contributed by atoms with Gasteiger partial charge in [0.15, 0.2) is 0 Å². The number of nitrogens with one attached hydrogen (secondary N) is 2. The van der Waals surface area contributed by atoms with Crippen LogP contribution in [0.5, 0.6) is 0 Å². The fraction of sp³-hybridized carbons (Fsp3) is 0.526. The molecule has 2 aliphatic heterocycles. The van der Waals surface area contributed by atoms with Gasteiger partial charge in [-0.1, -0.05) is 12.1 Å². The van der Waals surface area contributed by atoms with E-state index in [9.17, 15) is 4.79 Å². The standard InChI is InChI=1S/C19H25N3O3/c1-14-2-3-15-9-16(18(23)21-17(15)8-14)10-22-5-7-25-19(12-22)11-20-4-6-24-13-19/h2-3,8-9,20H,4-7,10-13H2,1H3,(H,21,23)/t19-/m1/s1. The van der Waals surface area contributed by atoms with Crippen molar-refractivity contribution >= 4 is 10.9 Å². The zero-order chi connectivity index (χ0) is 17.3. The first-order valence-corrected chi connectivity index (χ1v) is 8.91. The largest absolute Gasteiger partial charge is 0.377 e. The van der Waals surface area contributed by atoms with E-state index in [4.69, 9.17) is 9.47 Å². The van der Waals surface area contributed by atoms with Crippen LogP contribution in [-0.2, 0) is 16.0 Å². The van der Waals surface area contributed by atoms with E-state index in [0.29, 0.717) is 19.8 Å². The van der Waals surface area contributed by atoms with Crippen LogP contribution in [-0.4, -0.2) is 61.5 Å².